The van der Waals surface area contributed by atoms with Gasteiger partial charge in [-0.25, -0.2) is 0 Å². The first-order chi connectivity index (χ1) is 15.6. The predicted octanol–water partition coefficient (Wildman–Crippen LogP) is 4.22. The second kappa shape index (κ2) is 10.3. The number of anilines is 1. The van der Waals surface area contributed by atoms with E-state index in [0.29, 0.717) is 49.7 Å². The number of methoxy groups -OCH3 is 1. The van der Waals surface area contributed by atoms with Crippen LogP contribution in [0.2, 0.25) is 0 Å². The third-order valence-corrected chi connectivity index (χ3v) is 6.29. The van der Waals surface area contributed by atoms with Crippen molar-refractivity contribution >= 4 is 28.8 Å². The molecule has 4 rings (SSSR count). The van der Waals surface area contributed by atoms with E-state index in [1.165, 1.54) is 11.3 Å². The lowest BCUT2D eigenvalue weighted by atomic mass is 9.95. The molecule has 1 N–H and O–H groups in total. The van der Waals surface area contributed by atoms with E-state index in [-0.39, 0.29) is 17.7 Å². The van der Waals surface area contributed by atoms with Crippen LogP contribution in [0.15, 0.2) is 60.2 Å². The molecule has 1 aliphatic rings. The van der Waals surface area contributed by atoms with Crippen LogP contribution in [0.5, 0.6) is 11.5 Å². The summed E-state index contributed by atoms with van der Waals surface area (Å²) in [6.45, 7) is 1.51. The minimum atomic E-state index is -0.135. The molecule has 0 unspecified atom stereocenters. The Kier molecular flexibility index (Phi) is 7.01. The Morgan fingerprint density at radius 1 is 1.16 bits per heavy atom. The lowest BCUT2D eigenvalue weighted by Gasteiger charge is -2.31. The van der Waals surface area contributed by atoms with Gasteiger partial charge in [0.15, 0.2) is 11.5 Å². The van der Waals surface area contributed by atoms with Gasteiger partial charge in [0.25, 0.3) is 5.91 Å². The highest BCUT2D eigenvalue weighted by Crippen LogP contribution is 2.31. The van der Waals surface area contributed by atoms with E-state index in [2.05, 4.69) is 10.3 Å². The van der Waals surface area contributed by atoms with E-state index in [1.54, 1.807) is 37.7 Å². The normalized spacial score (nSPS) is 14.1. The van der Waals surface area contributed by atoms with Crippen molar-refractivity contribution in [2.24, 2.45) is 5.92 Å². The summed E-state index contributed by atoms with van der Waals surface area (Å²) >= 11 is 1.44. The second-order valence-electron chi connectivity index (χ2n) is 7.55. The van der Waals surface area contributed by atoms with Crippen LogP contribution in [0.4, 0.5) is 5.69 Å². The molecule has 0 spiro atoms. The van der Waals surface area contributed by atoms with Crippen molar-refractivity contribution < 1.29 is 19.1 Å². The molecule has 0 bridgehead atoms. The Balaban J connectivity index is 1.34. The summed E-state index contributed by atoms with van der Waals surface area (Å²) in [5, 5.41) is 4.88. The quantitative estimate of drug-likeness (QED) is 0.582. The maximum atomic E-state index is 12.8. The first-order valence-electron chi connectivity index (χ1n) is 10.5. The molecule has 0 radical (unpaired) electrons. The zero-order valence-corrected chi connectivity index (χ0v) is 18.6. The van der Waals surface area contributed by atoms with Crippen molar-refractivity contribution in [3.05, 3.63) is 70.7 Å². The van der Waals surface area contributed by atoms with Crippen molar-refractivity contribution in [1.82, 2.24) is 9.88 Å². The van der Waals surface area contributed by atoms with Crippen LogP contribution >= 0.6 is 11.3 Å². The van der Waals surface area contributed by atoms with Crippen LogP contribution in [-0.2, 0) is 11.4 Å². The van der Waals surface area contributed by atoms with Gasteiger partial charge < -0.3 is 19.7 Å². The molecule has 1 aliphatic heterocycles. The van der Waals surface area contributed by atoms with Crippen LogP contribution in [0.1, 0.15) is 28.1 Å². The highest BCUT2D eigenvalue weighted by atomic mass is 32.1. The maximum Gasteiger partial charge on any atom is 0.263 e. The molecule has 8 heteroatoms. The Bertz CT molecular complexity index is 1050. The zero-order valence-electron chi connectivity index (χ0n) is 17.8. The van der Waals surface area contributed by atoms with Crippen LogP contribution in [0.3, 0.4) is 0 Å². The molecule has 1 fully saturated rings. The SMILES string of the molecule is COc1ccc(NC(=O)C2CCN(C(=O)c3cccs3)CC2)cc1OCc1cccnc1. The summed E-state index contributed by atoms with van der Waals surface area (Å²) in [6.07, 6.45) is 4.74. The van der Waals surface area contributed by atoms with Crippen LogP contribution in [0.25, 0.3) is 0 Å². The second-order valence-corrected chi connectivity index (χ2v) is 8.50. The first-order valence-corrected chi connectivity index (χ1v) is 11.4. The molecule has 0 atom stereocenters. The monoisotopic (exact) mass is 451 g/mol. The third-order valence-electron chi connectivity index (χ3n) is 5.43. The molecule has 0 aliphatic carbocycles. The van der Waals surface area contributed by atoms with Gasteiger partial charge in [0.05, 0.1) is 12.0 Å². The van der Waals surface area contributed by atoms with Gasteiger partial charge in [-0.2, -0.15) is 0 Å². The van der Waals surface area contributed by atoms with Crippen molar-refractivity contribution in [1.29, 1.82) is 0 Å². The Labute approximate surface area is 191 Å². The summed E-state index contributed by atoms with van der Waals surface area (Å²) in [6, 6.07) is 12.8. The van der Waals surface area contributed by atoms with Crippen molar-refractivity contribution in [2.75, 3.05) is 25.5 Å². The Morgan fingerprint density at radius 2 is 2.00 bits per heavy atom. The number of nitrogens with one attached hydrogen (secondary N) is 1. The molecular formula is C24H25N3O4S. The van der Waals surface area contributed by atoms with Gasteiger partial charge in [-0.15, -0.1) is 11.3 Å². The number of thiophene rings is 1. The van der Waals surface area contributed by atoms with Gasteiger partial charge in [0, 0.05) is 48.7 Å². The number of aromatic nitrogens is 1. The number of pyridine rings is 1. The van der Waals surface area contributed by atoms with E-state index < -0.39 is 0 Å². The lowest BCUT2D eigenvalue weighted by molar-refractivity contribution is -0.121. The zero-order chi connectivity index (χ0) is 22.3. The van der Waals surface area contributed by atoms with Gasteiger partial charge in [-0.1, -0.05) is 12.1 Å². The fraction of sp³-hybridized carbons (Fsp3) is 0.292. The molecule has 7 nitrogen and oxygen atoms in total. The number of carbonyl (C=O) groups excluding carboxylic acids is 2. The van der Waals surface area contributed by atoms with Crippen LogP contribution in [0, 0.1) is 5.92 Å². The Morgan fingerprint density at radius 3 is 2.69 bits per heavy atom. The summed E-state index contributed by atoms with van der Waals surface area (Å²) < 4.78 is 11.3. The van der Waals surface area contributed by atoms with E-state index in [4.69, 9.17) is 9.47 Å². The van der Waals surface area contributed by atoms with Gasteiger partial charge in [0.1, 0.15) is 6.61 Å². The standard InChI is InChI=1S/C24H25N3O4S/c1-30-20-7-6-19(14-21(20)31-16-17-4-2-10-25-15-17)26-23(28)18-8-11-27(12-9-18)24(29)22-5-3-13-32-22/h2-7,10,13-15,18H,8-9,11-12,16H2,1H3,(H,26,28). The molecule has 3 heterocycles. The van der Waals surface area contributed by atoms with E-state index in [9.17, 15) is 9.59 Å². The molecule has 3 aromatic rings. The summed E-state index contributed by atoms with van der Waals surface area (Å²) in [7, 11) is 1.58. The largest absolute Gasteiger partial charge is 0.493 e. The van der Waals surface area contributed by atoms with Crippen LogP contribution < -0.4 is 14.8 Å². The lowest BCUT2D eigenvalue weighted by Crippen LogP contribution is -2.41. The smallest absolute Gasteiger partial charge is 0.263 e. The fourth-order valence-corrected chi connectivity index (χ4v) is 4.35. The number of hydrogen-bond donors (Lipinski definition) is 1. The third kappa shape index (κ3) is 5.26. The number of ether oxygens (including phenoxy) is 2. The molecule has 0 saturated carbocycles. The average molecular weight is 452 g/mol. The molecule has 1 aromatic carbocycles. The van der Waals surface area contributed by atoms with Gasteiger partial charge in [-0.05, 0) is 42.5 Å². The highest BCUT2D eigenvalue weighted by molar-refractivity contribution is 7.12. The summed E-state index contributed by atoms with van der Waals surface area (Å²) in [5.74, 6) is 1.00. The average Bonchev–Trinajstić information content (AvgIpc) is 3.38. The predicted molar refractivity (Wildman–Crippen MR) is 123 cm³/mol. The molecule has 2 amide bonds. The van der Waals surface area contributed by atoms with Crippen molar-refractivity contribution in [2.45, 2.75) is 19.4 Å². The number of amides is 2. The fourth-order valence-electron chi connectivity index (χ4n) is 3.66. The first kappa shape index (κ1) is 21.8. The van der Waals surface area contributed by atoms with E-state index >= 15 is 0 Å². The molecule has 166 valence electrons. The molecule has 2 aromatic heterocycles. The van der Waals surface area contributed by atoms with E-state index in [0.717, 1.165) is 10.4 Å². The van der Waals surface area contributed by atoms with Gasteiger partial charge in [0.2, 0.25) is 5.91 Å². The number of carbonyl (C=O) groups is 2. The minimum Gasteiger partial charge on any atom is -0.493 e. The number of likely N-dealkylation sites (tertiary alicyclic amines) is 1. The van der Waals surface area contributed by atoms with Crippen LogP contribution in [-0.4, -0.2) is 41.9 Å². The highest BCUT2D eigenvalue weighted by Gasteiger charge is 2.28. The number of piperidine rings is 1. The van der Waals surface area contributed by atoms with E-state index in [1.807, 2.05) is 34.5 Å². The van der Waals surface area contributed by atoms with Gasteiger partial charge in [-0.3, -0.25) is 14.6 Å². The number of hydrogen-bond acceptors (Lipinski definition) is 6. The molecule has 1 saturated heterocycles. The topological polar surface area (TPSA) is 80.8 Å². The maximum absolute atomic E-state index is 12.8. The molecule has 32 heavy (non-hydrogen) atoms. The minimum absolute atomic E-state index is 0.0448. The number of rotatable bonds is 7. The summed E-state index contributed by atoms with van der Waals surface area (Å²) in [4.78, 5) is 32.0. The number of nitrogens with zero attached hydrogens (tertiary/aromatic N) is 2. The molecular weight excluding hydrogens is 426 g/mol. The Hall–Kier alpha value is -3.39. The van der Waals surface area contributed by atoms with Crippen molar-refractivity contribution in [3.8, 4) is 11.5 Å². The summed E-state index contributed by atoms with van der Waals surface area (Å²) in [5.41, 5.74) is 1.59. The van der Waals surface area contributed by atoms with Crippen molar-refractivity contribution in [3.63, 3.8) is 0 Å². The number of benzene rings is 1. The van der Waals surface area contributed by atoms with Gasteiger partial charge >= 0.3 is 0 Å².